The number of benzene rings is 2. The molecule has 2 fully saturated rings. The number of hydrogen-bond acceptors (Lipinski definition) is 9. The van der Waals surface area contributed by atoms with Gasteiger partial charge in [0.2, 0.25) is 12.3 Å². The number of ether oxygens (including phenoxy) is 2. The summed E-state index contributed by atoms with van der Waals surface area (Å²) in [6, 6.07) is 13.4. The van der Waals surface area contributed by atoms with Crippen molar-refractivity contribution in [3.8, 4) is 6.01 Å². The highest BCUT2D eigenvalue weighted by molar-refractivity contribution is 6.15. The fourth-order valence-electron chi connectivity index (χ4n) is 6.07. The smallest absolute Gasteiger partial charge is 0.410 e. The molecule has 1 amide bonds. The Kier molecular flexibility index (Phi) is 8.29. The Labute approximate surface area is 262 Å². The molecule has 12 heteroatoms. The number of amides is 1. The van der Waals surface area contributed by atoms with Gasteiger partial charge in [0.15, 0.2) is 11.5 Å². The highest BCUT2D eigenvalue weighted by Crippen LogP contribution is 2.28. The van der Waals surface area contributed by atoms with Gasteiger partial charge in [0.25, 0.3) is 0 Å². The van der Waals surface area contributed by atoms with E-state index in [1.54, 1.807) is 4.90 Å². The summed E-state index contributed by atoms with van der Waals surface area (Å²) in [5.41, 5.74) is 0.584. The third kappa shape index (κ3) is 6.26. The minimum atomic E-state index is -0.655. The molecule has 2 atom stereocenters. The normalized spacial score (nSPS) is 19.2. The second-order valence-electron chi connectivity index (χ2n) is 12.7. The van der Waals surface area contributed by atoms with Crippen LogP contribution in [0, 0.1) is 6.57 Å². The molecule has 0 bridgehead atoms. The average Bonchev–Trinajstić information content (AvgIpc) is 3.64. The van der Waals surface area contributed by atoms with E-state index in [1.165, 1.54) is 10.7 Å². The number of likely N-dealkylation sites (N-methyl/N-ethyl adjacent to an activating group) is 1. The van der Waals surface area contributed by atoms with Crippen molar-refractivity contribution in [2.75, 3.05) is 51.3 Å². The molecule has 234 valence electrons. The molecule has 6 rings (SSSR count). The van der Waals surface area contributed by atoms with E-state index in [-0.39, 0.29) is 30.1 Å². The second-order valence-corrected chi connectivity index (χ2v) is 12.7. The molecule has 12 nitrogen and oxygen atoms in total. The van der Waals surface area contributed by atoms with Gasteiger partial charge in [-0.3, -0.25) is 9.69 Å². The van der Waals surface area contributed by atoms with Crippen molar-refractivity contribution in [3.63, 3.8) is 0 Å². The van der Waals surface area contributed by atoms with Crippen LogP contribution >= 0.6 is 0 Å². The zero-order valence-electron chi connectivity index (χ0n) is 26.1. The Morgan fingerprint density at radius 1 is 1.07 bits per heavy atom. The number of carbonyl (C=O) groups excluding carboxylic acids is 2. The Hall–Kier alpha value is -4.76. The molecular weight excluding hydrogens is 572 g/mol. The SMILES string of the molecule is [C-]#[N+]C[C@H]1CN(c2nc(OC[C@@H]3CCCN3C)nn3c(C(=O)c4cccc5ccccc45)cnc23)CCN1C(=O)OC(C)(C)C. The van der Waals surface area contributed by atoms with Crippen LogP contribution in [-0.2, 0) is 4.74 Å². The number of likely N-dealkylation sites (tertiary alicyclic amines) is 1. The van der Waals surface area contributed by atoms with Crippen LogP contribution in [0.2, 0.25) is 0 Å². The lowest BCUT2D eigenvalue weighted by Gasteiger charge is -2.40. The molecule has 0 saturated carbocycles. The lowest BCUT2D eigenvalue weighted by Crippen LogP contribution is -2.57. The Morgan fingerprint density at radius 3 is 2.62 bits per heavy atom. The van der Waals surface area contributed by atoms with Crippen molar-refractivity contribution in [2.45, 2.75) is 51.3 Å². The number of carbonyl (C=O) groups is 2. The van der Waals surface area contributed by atoms with Crippen LogP contribution in [0.3, 0.4) is 0 Å². The van der Waals surface area contributed by atoms with E-state index in [4.69, 9.17) is 21.0 Å². The standard InChI is InChI=1S/C33H38N8O4/c1-33(2,3)45-32(43)40-17-16-39(20-24(40)18-34-4)30-29-35-19-27(28(42)26-14-8-11-22-10-6-7-13-25(22)26)41(29)37-31(36-30)44-21-23-12-9-15-38(23)5/h6-8,10-11,13-14,19,23-24H,9,12,15-18,20-21H2,1-3,5H3/t23-,24-/m0/s1. The van der Waals surface area contributed by atoms with E-state index >= 15 is 0 Å². The molecule has 0 spiro atoms. The molecule has 0 radical (unpaired) electrons. The molecule has 2 aliphatic heterocycles. The van der Waals surface area contributed by atoms with E-state index in [2.05, 4.69) is 26.9 Å². The quantitative estimate of drug-likeness (QED) is 0.223. The number of imidazole rings is 1. The number of fused-ring (bicyclic) bond motifs is 2. The number of anilines is 1. The summed E-state index contributed by atoms with van der Waals surface area (Å²) in [5, 5.41) is 6.47. The predicted molar refractivity (Wildman–Crippen MR) is 170 cm³/mol. The number of rotatable bonds is 7. The molecule has 0 aliphatic carbocycles. The molecule has 2 aliphatic rings. The maximum atomic E-state index is 14.0. The Bertz CT molecular complexity index is 1770. The largest absolute Gasteiger partial charge is 0.461 e. The van der Waals surface area contributed by atoms with E-state index in [1.807, 2.05) is 68.1 Å². The fraction of sp³-hybridized carbons (Fsp3) is 0.455. The first-order valence-corrected chi connectivity index (χ1v) is 15.3. The van der Waals surface area contributed by atoms with Gasteiger partial charge in [-0.2, -0.15) is 4.98 Å². The van der Waals surface area contributed by atoms with Gasteiger partial charge in [0.05, 0.1) is 6.20 Å². The molecule has 2 saturated heterocycles. The Morgan fingerprint density at radius 2 is 1.87 bits per heavy atom. The summed E-state index contributed by atoms with van der Waals surface area (Å²) in [6.07, 6.45) is 3.20. The van der Waals surface area contributed by atoms with Crippen LogP contribution in [0.4, 0.5) is 10.6 Å². The van der Waals surface area contributed by atoms with Gasteiger partial charge in [-0.15, -0.1) is 5.10 Å². The Balaban J connectivity index is 1.37. The third-order valence-corrected chi connectivity index (χ3v) is 8.38. The van der Waals surface area contributed by atoms with E-state index in [0.717, 1.165) is 30.2 Å². The summed E-state index contributed by atoms with van der Waals surface area (Å²) in [6.45, 7) is 15.6. The highest BCUT2D eigenvalue weighted by Gasteiger charge is 2.37. The van der Waals surface area contributed by atoms with Crippen molar-refractivity contribution in [1.82, 2.24) is 29.4 Å². The minimum Gasteiger partial charge on any atom is -0.461 e. The van der Waals surface area contributed by atoms with Crippen LogP contribution in [0.1, 0.15) is 49.7 Å². The van der Waals surface area contributed by atoms with Gasteiger partial charge in [0.1, 0.15) is 23.9 Å². The molecule has 4 heterocycles. The van der Waals surface area contributed by atoms with Crippen LogP contribution in [-0.4, -0.2) is 105 Å². The predicted octanol–water partition coefficient (Wildman–Crippen LogP) is 4.33. The summed E-state index contributed by atoms with van der Waals surface area (Å²) in [7, 11) is 2.08. The van der Waals surface area contributed by atoms with Crippen LogP contribution in [0.15, 0.2) is 48.7 Å². The monoisotopic (exact) mass is 610 g/mol. The number of hydrogen-bond donors (Lipinski definition) is 0. The third-order valence-electron chi connectivity index (χ3n) is 8.38. The van der Waals surface area contributed by atoms with Gasteiger partial charge < -0.3 is 24.1 Å². The van der Waals surface area contributed by atoms with Crippen molar-refractivity contribution in [3.05, 3.63) is 71.3 Å². The molecule has 45 heavy (non-hydrogen) atoms. The maximum Gasteiger partial charge on any atom is 0.410 e. The second kappa shape index (κ2) is 12.3. The first-order chi connectivity index (χ1) is 21.6. The summed E-state index contributed by atoms with van der Waals surface area (Å²) in [4.78, 5) is 46.0. The summed E-state index contributed by atoms with van der Waals surface area (Å²) in [5.74, 6) is 0.265. The van der Waals surface area contributed by atoms with E-state index < -0.39 is 17.7 Å². The number of piperazine rings is 1. The van der Waals surface area contributed by atoms with Gasteiger partial charge in [0, 0.05) is 31.2 Å². The van der Waals surface area contributed by atoms with Gasteiger partial charge >= 0.3 is 12.1 Å². The lowest BCUT2D eigenvalue weighted by molar-refractivity contribution is 0.0155. The van der Waals surface area contributed by atoms with Gasteiger partial charge in [-0.05, 0) is 58.0 Å². The van der Waals surface area contributed by atoms with E-state index in [0.29, 0.717) is 43.3 Å². The number of nitrogens with zero attached hydrogens (tertiary/aromatic N) is 8. The topological polar surface area (TPSA) is 110 Å². The van der Waals surface area contributed by atoms with Gasteiger partial charge in [-0.1, -0.05) is 42.5 Å². The number of ketones is 1. The average molecular weight is 611 g/mol. The van der Waals surface area contributed by atoms with Crippen LogP contribution in [0.5, 0.6) is 6.01 Å². The molecular formula is C33H38N8O4. The zero-order chi connectivity index (χ0) is 31.7. The highest BCUT2D eigenvalue weighted by atomic mass is 16.6. The van der Waals surface area contributed by atoms with Crippen molar-refractivity contribution in [1.29, 1.82) is 0 Å². The van der Waals surface area contributed by atoms with Crippen molar-refractivity contribution >= 4 is 34.1 Å². The first-order valence-electron chi connectivity index (χ1n) is 15.3. The van der Waals surface area contributed by atoms with Gasteiger partial charge in [-0.25, -0.2) is 20.9 Å². The summed E-state index contributed by atoms with van der Waals surface area (Å²) < 4.78 is 13.3. The van der Waals surface area contributed by atoms with Crippen LogP contribution < -0.4 is 9.64 Å². The van der Waals surface area contributed by atoms with Crippen molar-refractivity contribution < 1.29 is 19.1 Å². The maximum absolute atomic E-state index is 14.0. The van der Waals surface area contributed by atoms with Crippen molar-refractivity contribution in [2.24, 2.45) is 0 Å². The fourth-order valence-corrected chi connectivity index (χ4v) is 6.07. The minimum absolute atomic E-state index is 0.105. The molecule has 0 N–H and O–H groups in total. The van der Waals surface area contributed by atoms with Crippen LogP contribution in [0.25, 0.3) is 21.3 Å². The molecule has 0 unspecified atom stereocenters. The zero-order valence-corrected chi connectivity index (χ0v) is 26.1. The molecule has 2 aromatic carbocycles. The van der Waals surface area contributed by atoms with E-state index in [9.17, 15) is 9.59 Å². The molecule has 2 aromatic heterocycles. The number of aromatic nitrogens is 4. The summed E-state index contributed by atoms with van der Waals surface area (Å²) >= 11 is 0. The first kappa shape index (κ1) is 30.3. The molecule has 4 aromatic rings. The lowest BCUT2D eigenvalue weighted by atomic mass is 10.0.